The standard InChI is InChI=1S/C11H21NO3/c13-11(14)5-1-2-7-15-9-10-4-3-6-12-8-10/h10,12H,1-9H2,(H,13,14). The molecule has 1 saturated heterocycles. The summed E-state index contributed by atoms with van der Waals surface area (Å²) in [7, 11) is 0. The molecule has 0 aromatic rings. The molecule has 0 saturated carbocycles. The van der Waals surface area contributed by atoms with Gasteiger partial charge in [-0.15, -0.1) is 0 Å². The summed E-state index contributed by atoms with van der Waals surface area (Å²) >= 11 is 0. The van der Waals surface area contributed by atoms with E-state index < -0.39 is 5.97 Å². The monoisotopic (exact) mass is 215 g/mol. The fourth-order valence-electron chi connectivity index (χ4n) is 1.80. The van der Waals surface area contributed by atoms with Gasteiger partial charge in [0.15, 0.2) is 0 Å². The van der Waals surface area contributed by atoms with Crippen LogP contribution in [0.3, 0.4) is 0 Å². The van der Waals surface area contributed by atoms with Gasteiger partial charge >= 0.3 is 5.97 Å². The smallest absolute Gasteiger partial charge is 0.303 e. The number of piperidine rings is 1. The molecule has 0 amide bonds. The van der Waals surface area contributed by atoms with Crippen LogP contribution in [0.5, 0.6) is 0 Å². The van der Waals surface area contributed by atoms with Crippen molar-refractivity contribution in [2.24, 2.45) is 5.92 Å². The van der Waals surface area contributed by atoms with E-state index in [1.54, 1.807) is 0 Å². The summed E-state index contributed by atoms with van der Waals surface area (Å²) in [6.07, 6.45) is 4.33. The van der Waals surface area contributed by atoms with Crippen LogP contribution in [0.2, 0.25) is 0 Å². The van der Waals surface area contributed by atoms with E-state index in [0.717, 1.165) is 32.5 Å². The van der Waals surface area contributed by atoms with E-state index in [1.807, 2.05) is 0 Å². The molecule has 1 aliphatic heterocycles. The van der Waals surface area contributed by atoms with Gasteiger partial charge in [-0.05, 0) is 38.1 Å². The number of hydrogen-bond donors (Lipinski definition) is 2. The van der Waals surface area contributed by atoms with Crippen molar-refractivity contribution >= 4 is 5.97 Å². The van der Waals surface area contributed by atoms with Gasteiger partial charge in [0.1, 0.15) is 0 Å². The predicted molar refractivity (Wildman–Crippen MR) is 57.9 cm³/mol. The molecule has 0 spiro atoms. The highest BCUT2D eigenvalue weighted by Gasteiger charge is 2.12. The van der Waals surface area contributed by atoms with Crippen molar-refractivity contribution < 1.29 is 14.6 Å². The van der Waals surface area contributed by atoms with E-state index in [2.05, 4.69) is 5.32 Å². The van der Waals surface area contributed by atoms with Gasteiger partial charge in [0.05, 0.1) is 6.61 Å². The van der Waals surface area contributed by atoms with E-state index in [1.165, 1.54) is 12.8 Å². The number of carboxylic acids is 1. The maximum atomic E-state index is 10.2. The lowest BCUT2D eigenvalue weighted by molar-refractivity contribution is -0.137. The number of hydrogen-bond acceptors (Lipinski definition) is 3. The Balaban J connectivity index is 1.85. The van der Waals surface area contributed by atoms with Crippen LogP contribution in [0.4, 0.5) is 0 Å². The number of ether oxygens (including phenoxy) is 1. The Hall–Kier alpha value is -0.610. The topological polar surface area (TPSA) is 58.6 Å². The first kappa shape index (κ1) is 12.5. The summed E-state index contributed by atoms with van der Waals surface area (Å²) in [6, 6.07) is 0. The largest absolute Gasteiger partial charge is 0.481 e. The average molecular weight is 215 g/mol. The zero-order valence-electron chi connectivity index (χ0n) is 9.21. The quantitative estimate of drug-likeness (QED) is 0.628. The number of aliphatic carboxylic acids is 1. The zero-order chi connectivity index (χ0) is 10.9. The van der Waals surface area contributed by atoms with Gasteiger partial charge in [-0.2, -0.15) is 0 Å². The lowest BCUT2D eigenvalue weighted by Gasteiger charge is -2.22. The third kappa shape index (κ3) is 6.47. The first-order valence-electron chi connectivity index (χ1n) is 5.79. The fraction of sp³-hybridized carbons (Fsp3) is 0.909. The minimum absolute atomic E-state index is 0.258. The molecule has 4 heteroatoms. The molecular formula is C11H21NO3. The van der Waals surface area contributed by atoms with Crippen LogP contribution in [0.1, 0.15) is 32.1 Å². The molecule has 1 aliphatic rings. The van der Waals surface area contributed by atoms with Crippen molar-refractivity contribution in [1.82, 2.24) is 5.32 Å². The van der Waals surface area contributed by atoms with Crippen LogP contribution in [0.15, 0.2) is 0 Å². The maximum absolute atomic E-state index is 10.2. The SMILES string of the molecule is O=C(O)CCCCOCC1CCCNC1. The lowest BCUT2D eigenvalue weighted by atomic mass is 10.0. The number of carboxylic acid groups (broad SMARTS) is 1. The van der Waals surface area contributed by atoms with E-state index in [4.69, 9.17) is 9.84 Å². The Labute approximate surface area is 91.0 Å². The second kappa shape index (κ2) is 7.65. The minimum atomic E-state index is -0.716. The van der Waals surface area contributed by atoms with Gasteiger partial charge in [-0.25, -0.2) is 0 Å². The van der Waals surface area contributed by atoms with Crippen molar-refractivity contribution in [3.05, 3.63) is 0 Å². The molecular weight excluding hydrogens is 194 g/mol. The van der Waals surface area contributed by atoms with E-state index in [-0.39, 0.29) is 6.42 Å². The molecule has 4 nitrogen and oxygen atoms in total. The summed E-state index contributed by atoms with van der Waals surface area (Å²) in [6.45, 7) is 3.72. The maximum Gasteiger partial charge on any atom is 0.303 e. The first-order chi connectivity index (χ1) is 7.29. The van der Waals surface area contributed by atoms with Crippen molar-refractivity contribution in [2.75, 3.05) is 26.3 Å². The van der Waals surface area contributed by atoms with Gasteiger partial charge in [0.25, 0.3) is 0 Å². The third-order valence-electron chi connectivity index (χ3n) is 2.68. The molecule has 2 N–H and O–H groups in total. The van der Waals surface area contributed by atoms with Crippen LogP contribution in [-0.4, -0.2) is 37.4 Å². The number of nitrogens with one attached hydrogen (secondary N) is 1. The fourth-order valence-corrected chi connectivity index (χ4v) is 1.80. The summed E-state index contributed by atoms with van der Waals surface area (Å²) < 4.78 is 5.52. The highest BCUT2D eigenvalue weighted by atomic mass is 16.5. The van der Waals surface area contributed by atoms with Crippen LogP contribution in [0.25, 0.3) is 0 Å². The predicted octanol–water partition coefficient (Wildman–Crippen LogP) is 1.26. The molecule has 0 aromatic heterocycles. The van der Waals surface area contributed by atoms with Gasteiger partial charge in [-0.3, -0.25) is 4.79 Å². The van der Waals surface area contributed by atoms with Crippen molar-refractivity contribution in [2.45, 2.75) is 32.1 Å². The molecule has 15 heavy (non-hydrogen) atoms. The van der Waals surface area contributed by atoms with Gasteiger partial charge in [0, 0.05) is 19.6 Å². The van der Waals surface area contributed by atoms with Gasteiger partial charge in [-0.1, -0.05) is 0 Å². The Morgan fingerprint density at radius 3 is 3.00 bits per heavy atom. The Morgan fingerprint density at radius 2 is 2.33 bits per heavy atom. The van der Waals surface area contributed by atoms with E-state index in [9.17, 15) is 4.79 Å². The molecule has 0 aliphatic carbocycles. The Kier molecular flexibility index (Phi) is 6.36. The van der Waals surface area contributed by atoms with E-state index >= 15 is 0 Å². The van der Waals surface area contributed by atoms with E-state index in [0.29, 0.717) is 12.5 Å². The summed E-state index contributed by atoms with van der Waals surface area (Å²) in [5.41, 5.74) is 0. The molecule has 1 fully saturated rings. The summed E-state index contributed by atoms with van der Waals surface area (Å²) in [5, 5.41) is 11.8. The molecule has 88 valence electrons. The van der Waals surface area contributed by atoms with Gasteiger partial charge < -0.3 is 15.2 Å². The van der Waals surface area contributed by atoms with Crippen molar-refractivity contribution in [3.8, 4) is 0 Å². The Morgan fingerprint density at radius 1 is 1.47 bits per heavy atom. The van der Waals surface area contributed by atoms with Crippen molar-refractivity contribution in [1.29, 1.82) is 0 Å². The van der Waals surface area contributed by atoms with Crippen LogP contribution in [-0.2, 0) is 9.53 Å². The molecule has 0 radical (unpaired) electrons. The average Bonchev–Trinajstić information content (AvgIpc) is 2.24. The summed E-state index contributed by atoms with van der Waals surface area (Å²) in [4.78, 5) is 10.2. The first-order valence-corrected chi connectivity index (χ1v) is 5.79. The van der Waals surface area contributed by atoms with Crippen molar-refractivity contribution in [3.63, 3.8) is 0 Å². The van der Waals surface area contributed by atoms with Gasteiger partial charge in [0.2, 0.25) is 0 Å². The van der Waals surface area contributed by atoms with Crippen LogP contribution < -0.4 is 5.32 Å². The normalized spacial score (nSPS) is 21.5. The molecule has 0 bridgehead atoms. The molecule has 1 heterocycles. The molecule has 0 aromatic carbocycles. The second-order valence-corrected chi connectivity index (χ2v) is 4.14. The van der Waals surface area contributed by atoms with Crippen LogP contribution in [0, 0.1) is 5.92 Å². The highest BCUT2D eigenvalue weighted by Crippen LogP contribution is 2.10. The number of carbonyl (C=O) groups is 1. The summed E-state index contributed by atoms with van der Waals surface area (Å²) in [5.74, 6) is -0.0651. The number of rotatable bonds is 7. The number of unbranched alkanes of at least 4 members (excludes halogenated alkanes) is 1. The third-order valence-corrected chi connectivity index (χ3v) is 2.68. The second-order valence-electron chi connectivity index (χ2n) is 4.14. The molecule has 1 unspecified atom stereocenters. The molecule has 1 rings (SSSR count). The Bertz CT molecular complexity index is 179. The zero-order valence-corrected chi connectivity index (χ0v) is 9.21. The molecule has 1 atom stereocenters. The van der Waals surface area contributed by atoms with Crippen LogP contribution >= 0.6 is 0 Å². The minimum Gasteiger partial charge on any atom is -0.481 e. The highest BCUT2D eigenvalue weighted by molar-refractivity contribution is 5.66. The lowest BCUT2D eigenvalue weighted by Crippen LogP contribution is -2.32.